The number of hydrogen-bond donors (Lipinski definition) is 0. The Hall–Kier alpha value is -3.44. The molecule has 0 fully saturated rings. The molecule has 160 valence electrons. The van der Waals surface area contributed by atoms with Crippen LogP contribution in [0.5, 0.6) is 0 Å². The third-order valence-corrected chi connectivity index (χ3v) is 3.72. The fraction of sp³-hybridized carbons (Fsp3) is 0.111. The maximum Gasteiger partial charge on any atom is 0.351 e. The second kappa shape index (κ2) is 8.13. The van der Waals surface area contributed by atoms with Crippen LogP contribution in [0.4, 0.5) is 35.1 Å². The first kappa shape index (κ1) is 22.8. The summed E-state index contributed by atoms with van der Waals surface area (Å²) in [6.45, 7) is 5.76. The average Bonchev–Trinajstić information content (AvgIpc) is 2.72. The van der Waals surface area contributed by atoms with Crippen LogP contribution in [0.1, 0.15) is 5.56 Å². The van der Waals surface area contributed by atoms with Gasteiger partial charge in [0.2, 0.25) is 12.0 Å². The minimum absolute atomic E-state index is 0.263. The largest absolute Gasteiger partial charge is 0.409 e. The topological polar surface area (TPSA) is 52.6 Å². The molecule has 1 atom stereocenters. The van der Waals surface area contributed by atoms with Crippen molar-refractivity contribution >= 4 is 17.5 Å². The van der Waals surface area contributed by atoms with Gasteiger partial charge in [-0.3, -0.25) is 0 Å². The molecule has 1 aliphatic carbocycles. The summed E-state index contributed by atoms with van der Waals surface area (Å²) < 4.78 is 121. The van der Waals surface area contributed by atoms with E-state index in [-0.39, 0.29) is 6.07 Å². The molecule has 0 aliphatic heterocycles. The van der Waals surface area contributed by atoms with Gasteiger partial charge in [0.05, 0.1) is 5.57 Å². The predicted octanol–water partition coefficient (Wildman–Crippen LogP) is 4.58. The lowest BCUT2D eigenvalue weighted by atomic mass is 9.91. The first-order chi connectivity index (χ1) is 13.9. The molecule has 12 heteroatoms. The van der Waals surface area contributed by atoms with Crippen molar-refractivity contribution in [3.63, 3.8) is 0 Å². The molecule has 0 heterocycles. The third kappa shape index (κ3) is 3.48. The molecule has 30 heavy (non-hydrogen) atoms. The van der Waals surface area contributed by atoms with Crippen LogP contribution in [0.3, 0.4) is 0 Å². The van der Waals surface area contributed by atoms with E-state index in [4.69, 9.17) is 0 Å². The summed E-state index contributed by atoms with van der Waals surface area (Å²) in [6.07, 6.45) is -3.10. The number of ether oxygens (including phenoxy) is 2. The van der Waals surface area contributed by atoms with Gasteiger partial charge in [-0.1, -0.05) is 13.2 Å². The lowest BCUT2D eigenvalue weighted by Gasteiger charge is -2.35. The van der Waals surface area contributed by atoms with E-state index in [1.54, 1.807) is 0 Å². The Bertz CT molecular complexity index is 1010. The Morgan fingerprint density at radius 1 is 0.900 bits per heavy atom. The monoisotopic (exact) mass is 440 g/mol. The summed E-state index contributed by atoms with van der Waals surface area (Å²) in [6, 6.07) is -0.263. The summed E-state index contributed by atoms with van der Waals surface area (Å²) in [4.78, 5) is 22.8. The van der Waals surface area contributed by atoms with Gasteiger partial charge in [-0.25, -0.2) is 40.3 Å². The Morgan fingerprint density at radius 2 is 1.40 bits per heavy atom. The summed E-state index contributed by atoms with van der Waals surface area (Å²) in [7, 11) is 0. The van der Waals surface area contributed by atoms with Crippen molar-refractivity contribution in [3.8, 4) is 0 Å². The zero-order chi connectivity index (χ0) is 23.0. The second-order valence-corrected chi connectivity index (χ2v) is 5.48. The number of rotatable bonds is 5. The minimum Gasteiger partial charge on any atom is -0.409 e. The Morgan fingerprint density at radius 3 is 1.87 bits per heavy atom. The van der Waals surface area contributed by atoms with Crippen molar-refractivity contribution in [2.75, 3.05) is 0 Å². The van der Waals surface area contributed by atoms with Crippen LogP contribution in [0.25, 0.3) is 5.57 Å². The second-order valence-electron chi connectivity index (χ2n) is 5.48. The van der Waals surface area contributed by atoms with Crippen molar-refractivity contribution in [1.82, 2.24) is 0 Å². The highest BCUT2D eigenvalue weighted by molar-refractivity contribution is 5.86. The highest BCUT2D eigenvalue weighted by Crippen LogP contribution is 2.48. The van der Waals surface area contributed by atoms with Crippen molar-refractivity contribution in [3.05, 3.63) is 77.7 Å². The quantitative estimate of drug-likeness (QED) is 0.168. The SMILES string of the molecule is C=CC(=O)OC1(OC(=O)C=C)C(F)=C(F)C(c2cc(F)c(F)c(F)c2F)=C(F)C1F. The summed E-state index contributed by atoms with van der Waals surface area (Å²) in [5.41, 5.74) is -3.74. The van der Waals surface area contributed by atoms with Crippen LogP contribution in [0.15, 0.2) is 48.9 Å². The highest BCUT2D eigenvalue weighted by Gasteiger charge is 2.59. The van der Waals surface area contributed by atoms with Gasteiger partial charge >= 0.3 is 17.7 Å². The smallest absolute Gasteiger partial charge is 0.351 e. The van der Waals surface area contributed by atoms with Crippen LogP contribution in [0, 0.1) is 23.3 Å². The van der Waals surface area contributed by atoms with E-state index >= 15 is 0 Å². The fourth-order valence-corrected chi connectivity index (χ4v) is 2.37. The number of alkyl halides is 1. The van der Waals surface area contributed by atoms with Gasteiger partial charge in [-0.2, -0.15) is 4.39 Å². The van der Waals surface area contributed by atoms with Gasteiger partial charge < -0.3 is 9.47 Å². The van der Waals surface area contributed by atoms with E-state index < -0.39 is 75.8 Å². The molecule has 0 amide bonds. The molecule has 1 unspecified atom stereocenters. The van der Waals surface area contributed by atoms with Crippen LogP contribution in [-0.4, -0.2) is 23.9 Å². The first-order valence-electron chi connectivity index (χ1n) is 7.56. The number of hydrogen-bond acceptors (Lipinski definition) is 4. The Labute approximate surface area is 162 Å². The minimum atomic E-state index is -4.01. The van der Waals surface area contributed by atoms with E-state index in [2.05, 4.69) is 22.6 Å². The molecule has 0 bridgehead atoms. The Balaban J connectivity index is 2.81. The lowest BCUT2D eigenvalue weighted by Crippen LogP contribution is -2.51. The standard InChI is InChI=1S/C18H8F8O4/c1-3-8(27)29-18(30-9(28)4-2)16(25)13(22)10(14(23)17(18)26)6-5-7(19)12(21)15(24)11(6)20/h3-5,16H,1-2H2. The van der Waals surface area contributed by atoms with Crippen molar-refractivity contribution in [2.24, 2.45) is 0 Å². The molecule has 2 rings (SSSR count). The molecule has 0 N–H and O–H groups in total. The molecule has 4 nitrogen and oxygen atoms in total. The Kier molecular flexibility index (Phi) is 6.19. The lowest BCUT2D eigenvalue weighted by molar-refractivity contribution is -0.232. The molecule has 1 aromatic carbocycles. The number of benzene rings is 1. The molecular weight excluding hydrogens is 432 g/mol. The molecule has 0 radical (unpaired) electrons. The van der Waals surface area contributed by atoms with Gasteiger partial charge in [0.15, 0.2) is 34.9 Å². The number of carbonyl (C=O) groups is 2. The van der Waals surface area contributed by atoms with E-state index in [1.807, 2.05) is 0 Å². The van der Waals surface area contributed by atoms with E-state index in [0.717, 1.165) is 0 Å². The van der Waals surface area contributed by atoms with Gasteiger partial charge in [-0.05, 0) is 6.07 Å². The van der Waals surface area contributed by atoms with Crippen molar-refractivity contribution in [1.29, 1.82) is 0 Å². The van der Waals surface area contributed by atoms with Gasteiger partial charge in [-0.15, -0.1) is 0 Å². The van der Waals surface area contributed by atoms with Crippen LogP contribution < -0.4 is 0 Å². The van der Waals surface area contributed by atoms with Gasteiger partial charge in [0, 0.05) is 17.7 Å². The summed E-state index contributed by atoms with van der Waals surface area (Å²) in [5, 5.41) is 0. The van der Waals surface area contributed by atoms with E-state index in [0.29, 0.717) is 12.2 Å². The molecule has 0 spiro atoms. The molecule has 0 saturated carbocycles. The predicted molar refractivity (Wildman–Crippen MR) is 83.7 cm³/mol. The van der Waals surface area contributed by atoms with E-state index in [1.165, 1.54) is 0 Å². The maximum absolute atomic E-state index is 14.8. The fourth-order valence-electron chi connectivity index (χ4n) is 2.37. The number of allylic oxidation sites excluding steroid dienone is 2. The third-order valence-electron chi connectivity index (χ3n) is 3.72. The van der Waals surface area contributed by atoms with Crippen LogP contribution >= 0.6 is 0 Å². The van der Waals surface area contributed by atoms with E-state index in [9.17, 15) is 44.7 Å². The highest BCUT2D eigenvalue weighted by atomic mass is 19.2. The molecule has 1 aliphatic rings. The first-order valence-corrected chi connectivity index (χ1v) is 7.56. The van der Waals surface area contributed by atoms with Gasteiger partial charge in [0.1, 0.15) is 0 Å². The van der Waals surface area contributed by atoms with Crippen molar-refractivity contribution in [2.45, 2.75) is 12.0 Å². The maximum atomic E-state index is 14.8. The number of carbonyl (C=O) groups excluding carboxylic acids is 2. The number of halogens is 8. The molecule has 0 saturated heterocycles. The normalized spacial score (nSPS) is 18.2. The van der Waals surface area contributed by atoms with Crippen LogP contribution in [0.2, 0.25) is 0 Å². The van der Waals surface area contributed by atoms with Gasteiger partial charge in [0.25, 0.3) is 0 Å². The average molecular weight is 440 g/mol. The zero-order valence-electron chi connectivity index (χ0n) is 14.4. The molecule has 1 aromatic rings. The number of esters is 2. The molecular formula is C18H8F8O4. The summed E-state index contributed by atoms with van der Waals surface area (Å²) >= 11 is 0. The summed E-state index contributed by atoms with van der Waals surface area (Å²) in [5.74, 6) is -24.5. The van der Waals surface area contributed by atoms with Crippen LogP contribution in [-0.2, 0) is 19.1 Å². The zero-order valence-corrected chi connectivity index (χ0v) is 14.4. The molecule has 0 aromatic heterocycles. The van der Waals surface area contributed by atoms with Crippen molar-refractivity contribution < 1.29 is 54.2 Å².